The van der Waals surface area contributed by atoms with Crippen molar-refractivity contribution >= 4 is 19.5 Å². The Morgan fingerprint density at radius 2 is 1.31 bits per heavy atom. The fourth-order valence-electron chi connectivity index (χ4n) is 3.76. The minimum atomic E-state index is -3.38. The van der Waals surface area contributed by atoms with Crippen molar-refractivity contribution in [3.05, 3.63) is 71.8 Å². The second kappa shape index (κ2) is 13.0. The molecule has 2 aromatic rings. The van der Waals surface area contributed by atoms with E-state index in [4.69, 9.17) is 28.0 Å². The van der Waals surface area contributed by atoms with Crippen molar-refractivity contribution in [1.82, 2.24) is 0 Å². The second-order valence-electron chi connectivity index (χ2n) is 7.71. The van der Waals surface area contributed by atoms with E-state index in [2.05, 4.69) is 0 Å². The third-order valence-electron chi connectivity index (χ3n) is 5.34. The molecule has 1 heterocycles. The zero-order chi connectivity index (χ0) is 25.3. The van der Waals surface area contributed by atoms with Gasteiger partial charge in [-0.2, -0.15) is 0 Å². The highest BCUT2D eigenvalue weighted by Gasteiger charge is 2.50. The summed E-state index contributed by atoms with van der Waals surface area (Å²) in [6.45, 7) is 3.88. The Hall–Kier alpha value is -2.55. The van der Waals surface area contributed by atoms with Crippen LogP contribution in [0, 0.1) is 0 Å². The number of hydrogen-bond donors (Lipinski definition) is 0. The summed E-state index contributed by atoms with van der Waals surface area (Å²) in [5.41, 5.74) is 0.658. The zero-order valence-corrected chi connectivity index (χ0v) is 20.9. The minimum Gasteiger partial charge on any atom is -0.452 e. The lowest BCUT2D eigenvalue weighted by Crippen LogP contribution is -2.41. The van der Waals surface area contributed by atoms with Crippen LogP contribution in [0.1, 0.15) is 41.0 Å². The topological polar surface area (TPSA) is 107 Å². The molecule has 2 aromatic carbocycles. The summed E-state index contributed by atoms with van der Waals surface area (Å²) < 4.78 is 46.6. The normalized spacial score (nSPS) is 22.0. The number of ether oxygens (including phenoxy) is 4. The van der Waals surface area contributed by atoms with Gasteiger partial charge in [0.15, 0.2) is 18.5 Å². The maximum atomic E-state index is 13.0. The monoisotopic (exact) mass is 506 g/mol. The first-order valence-electron chi connectivity index (χ1n) is 11.5. The van der Waals surface area contributed by atoms with Gasteiger partial charge < -0.3 is 28.0 Å². The van der Waals surface area contributed by atoms with Crippen molar-refractivity contribution in [1.29, 1.82) is 0 Å². The first-order chi connectivity index (χ1) is 16.9. The molecule has 1 aliphatic heterocycles. The van der Waals surface area contributed by atoms with E-state index in [1.165, 1.54) is 7.11 Å². The van der Waals surface area contributed by atoms with E-state index in [0.29, 0.717) is 11.1 Å². The number of hydrogen-bond acceptors (Lipinski definition) is 9. The van der Waals surface area contributed by atoms with Crippen LogP contribution in [-0.4, -0.2) is 63.0 Å². The van der Waals surface area contributed by atoms with Crippen molar-refractivity contribution in [2.75, 3.05) is 26.5 Å². The highest BCUT2D eigenvalue weighted by atomic mass is 31.2. The first-order valence-corrected chi connectivity index (χ1v) is 13.2. The molecule has 3 rings (SSSR count). The van der Waals surface area contributed by atoms with Crippen LogP contribution in [0.25, 0.3) is 0 Å². The molecular weight excluding hydrogens is 475 g/mol. The summed E-state index contributed by atoms with van der Waals surface area (Å²) in [4.78, 5) is 25.7. The number of esters is 2. The van der Waals surface area contributed by atoms with E-state index in [1.807, 2.05) is 0 Å². The van der Waals surface area contributed by atoms with Gasteiger partial charge in [0.25, 0.3) is 0 Å². The molecule has 0 spiro atoms. The van der Waals surface area contributed by atoms with Crippen LogP contribution in [0.4, 0.5) is 0 Å². The van der Waals surface area contributed by atoms with E-state index in [0.717, 1.165) is 0 Å². The van der Waals surface area contributed by atoms with Crippen LogP contribution >= 0.6 is 7.60 Å². The largest absolute Gasteiger partial charge is 0.452 e. The third kappa shape index (κ3) is 7.22. The molecule has 9 nitrogen and oxygen atoms in total. The molecule has 0 bridgehead atoms. The smallest absolute Gasteiger partial charge is 0.338 e. The average Bonchev–Trinajstić information content (AvgIpc) is 3.20. The number of rotatable bonds is 12. The zero-order valence-electron chi connectivity index (χ0n) is 20.0. The summed E-state index contributed by atoms with van der Waals surface area (Å²) in [5, 5.41) is 0. The van der Waals surface area contributed by atoms with Gasteiger partial charge in [-0.25, -0.2) is 9.59 Å². The maximum Gasteiger partial charge on any atom is 0.338 e. The number of benzene rings is 2. The van der Waals surface area contributed by atoms with Gasteiger partial charge in [0, 0.05) is 7.11 Å². The number of carbonyl (C=O) groups is 2. The van der Waals surface area contributed by atoms with Gasteiger partial charge in [0.2, 0.25) is 0 Å². The summed E-state index contributed by atoms with van der Waals surface area (Å²) in [6.07, 6.45) is -3.67. The Morgan fingerprint density at radius 1 is 0.829 bits per heavy atom. The number of methoxy groups -OCH3 is 1. The molecule has 190 valence electrons. The summed E-state index contributed by atoms with van der Waals surface area (Å²) in [5.74, 6) is -1.23. The van der Waals surface area contributed by atoms with Gasteiger partial charge in [-0.3, -0.25) is 4.57 Å². The Balaban J connectivity index is 1.84. The average molecular weight is 506 g/mol. The quantitative estimate of drug-likeness (QED) is 0.305. The first kappa shape index (κ1) is 27.0. The lowest BCUT2D eigenvalue weighted by Gasteiger charge is -2.25. The molecule has 1 aliphatic rings. The Kier molecular flexibility index (Phi) is 10.0. The Labute approximate surface area is 205 Å². The SMILES string of the molecule is CCOP(=O)(CCC1OC(OC)C(OC(=O)c2ccccc2)C1OC(=O)c1ccccc1)OCC. The van der Waals surface area contributed by atoms with Crippen LogP contribution in [0.15, 0.2) is 60.7 Å². The van der Waals surface area contributed by atoms with E-state index in [-0.39, 0.29) is 25.8 Å². The van der Waals surface area contributed by atoms with Crippen LogP contribution in [-0.2, 0) is 32.6 Å². The standard InChI is InChI=1S/C25H31O9P/c1-4-30-35(28,31-5-2)17-16-20-21(33-23(26)18-12-8-6-9-13-18)22(25(29-3)32-20)34-24(27)19-14-10-7-11-15-19/h6-15,20-22,25H,4-5,16-17H2,1-3H3. The van der Waals surface area contributed by atoms with Crippen molar-refractivity contribution in [2.45, 2.75) is 44.9 Å². The second-order valence-corrected chi connectivity index (χ2v) is 9.89. The predicted molar refractivity (Wildman–Crippen MR) is 127 cm³/mol. The van der Waals surface area contributed by atoms with Crippen LogP contribution in [0.3, 0.4) is 0 Å². The molecule has 1 fully saturated rings. The molecule has 10 heteroatoms. The molecule has 35 heavy (non-hydrogen) atoms. The highest BCUT2D eigenvalue weighted by Crippen LogP contribution is 2.49. The summed E-state index contributed by atoms with van der Waals surface area (Å²) >= 11 is 0. The summed E-state index contributed by atoms with van der Waals surface area (Å²) in [6, 6.07) is 16.9. The van der Waals surface area contributed by atoms with Crippen LogP contribution in [0.2, 0.25) is 0 Å². The van der Waals surface area contributed by atoms with Crippen molar-refractivity contribution in [3.8, 4) is 0 Å². The maximum absolute atomic E-state index is 13.0. The molecule has 0 saturated carbocycles. The van der Waals surface area contributed by atoms with E-state index in [9.17, 15) is 14.2 Å². The molecule has 1 saturated heterocycles. The van der Waals surface area contributed by atoms with Crippen molar-refractivity contribution < 1.29 is 42.1 Å². The van der Waals surface area contributed by atoms with E-state index >= 15 is 0 Å². The number of carbonyl (C=O) groups excluding carboxylic acids is 2. The Bertz CT molecular complexity index is 989. The van der Waals surface area contributed by atoms with Gasteiger partial charge in [-0.1, -0.05) is 36.4 Å². The van der Waals surface area contributed by atoms with E-state index in [1.54, 1.807) is 74.5 Å². The molecule has 0 radical (unpaired) electrons. The lowest BCUT2D eigenvalue weighted by atomic mass is 10.1. The fourth-order valence-corrected chi connectivity index (χ4v) is 5.45. The fraction of sp³-hybridized carbons (Fsp3) is 0.440. The van der Waals surface area contributed by atoms with Gasteiger partial charge in [-0.15, -0.1) is 0 Å². The Morgan fingerprint density at radius 3 is 1.77 bits per heavy atom. The predicted octanol–water partition coefficient (Wildman–Crippen LogP) is 4.47. The van der Waals surface area contributed by atoms with E-state index < -0.39 is 44.1 Å². The van der Waals surface area contributed by atoms with Crippen LogP contribution in [0.5, 0.6) is 0 Å². The van der Waals surface area contributed by atoms with Crippen LogP contribution < -0.4 is 0 Å². The van der Waals surface area contributed by atoms with Crippen molar-refractivity contribution in [3.63, 3.8) is 0 Å². The van der Waals surface area contributed by atoms with Gasteiger partial charge in [0.1, 0.15) is 6.10 Å². The molecule has 0 aliphatic carbocycles. The summed E-state index contributed by atoms with van der Waals surface area (Å²) in [7, 11) is -1.98. The molecule has 4 atom stereocenters. The molecular formula is C25H31O9P. The molecule has 0 aromatic heterocycles. The highest BCUT2D eigenvalue weighted by molar-refractivity contribution is 7.53. The molecule has 4 unspecified atom stereocenters. The van der Waals surface area contributed by atoms with Crippen molar-refractivity contribution in [2.24, 2.45) is 0 Å². The third-order valence-corrected chi connectivity index (χ3v) is 7.45. The van der Waals surface area contributed by atoms with Gasteiger partial charge >= 0.3 is 19.5 Å². The molecule has 0 amide bonds. The van der Waals surface area contributed by atoms with Gasteiger partial charge in [0.05, 0.1) is 30.5 Å². The minimum absolute atomic E-state index is 0.0223. The molecule has 0 N–H and O–H groups in total. The lowest BCUT2D eigenvalue weighted by molar-refractivity contribution is -0.150. The van der Waals surface area contributed by atoms with Gasteiger partial charge in [-0.05, 0) is 44.5 Å².